The summed E-state index contributed by atoms with van der Waals surface area (Å²) in [6, 6.07) is 5.03. The smallest absolute Gasteiger partial charge is 0.149 e. The lowest BCUT2D eigenvalue weighted by Gasteiger charge is -2.29. The Morgan fingerprint density at radius 1 is 1.30 bits per heavy atom. The highest BCUT2D eigenvalue weighted by atomic mass is 19.1. The summed E-state index contributed by atoms with van der Waals surface area (Å²) in [4.78, 5) is 10.7. The highest BCUT2D eigenvalue weighted by Crippen LogP contribution is 2.27. The van der Waals surface area contributed by atoms with E-state index in [9.17, 15) is 4.39 Å². The number of nitrogens with zero attached hydrogens (tertiary/aromatic N) is 3. The quantitative estimate of drug-likeness (QED) is 0.764. The van der Waals surface area contributed by atoms with E-state index in [1.54, 1.807) is 13.2 Å². The fourth-order valence-corrected chi connectivity index (χ4v) is 3.11. The Labute approximate surface area is 136 Å². The monoisotopic (exact) mass is 315 g/mol. The van der Waals surface area contributed by atoms with Crippen LogP contribution in [0.3, 0.4) is 0 Å². The van der Waals surface area contributed by atoms with E-state index in [2.05, 4.69) is 27.0 Å². The predicted molar refractivity (Wildman–Crippen MR) is 90.1 cm³/mol. The maximum atomic E-state index is 14.0. The third-order valence-electron chi connectivity index (χ3n) is 4.32. The number of methoxy groups -OCH3 is 1. The lowest BCUT2D eigenvalue weighted by molar-refractivity contribution is 0.204. The molecule has 2 aromatic rings. The topological polar surface area (TPSA) is 38.2 Å². The van der Waals surface area contributed by atoms with Crippen LogP contribution in [0.4, 0.5) is 10.2 Å². The maximum absolute atomic E-state index is 14.0. The molecule has 1 aliphatic rings. The van der Waals surface area contributed by atoms with Crippen molar-refractivity contribution >= 4 is 16.7 Å². The summed E-state index contributed by atoms with van der Waals surface area (Å²) in [5.74, 6) is 1.08. The van der Waals surface area contributed by atoms with Gasteiger partial charge in [0.1, 0.15) is 23.5 Å². The number of anilines is 1. The van der Waals surface area contributed by atoms with Crippen molar-refractivity contribution in [2.75, 3.05) is 31.7 Å². The number of para-hydroxylation sites is 1. The Bertz CT molecular complexity index is 689. The first kappa shape index (κ1) is 15.9. The molecular formula is C18H22FN3O. The molecule has 23 heavy (non-hydrogen) atoms. The molecule has 4 nitrogen and oxygen atoms in total. The maximum Gasteiger partial charge on any atom is 0.149 e. The first-order valence-corrected chi connectivity index (χ1v) is 8.07. The van der Waals surface area contributed by atoms with Gasteiger partial charge in [0.05, 0.1) is 6.61 Å². The van der Waals surface area contributed by atoms with Gasteiger partial charge in [-0.25, -0.2) is 14.4 Å². The third kappa shape index (κ3) is 3.67. The molecule has 1 heterocycles. The molecular weight excluding hydrogens is 293 g/mol. The fraction of sp³-hybridized carbons (Fsp3) is 0.444. The molecule has 0 radical (unpaired) electrons. The van der Waals surface area contributed by atoms with E-state index < -0.39 is 0 Å². The first-order valence-electron chi connectivity index (χ1n) is 8.07. The van der Waals surface area contributed by atoms with Crippen molar-refractivity contribution in [3.05, 3.63) is 42.5 Å². The van der Waals surface area contributed by atoms with Gasteiger partial charge in [-0.2, -0.15) is 0 Å². The summed E-state index contributed by atoms with van der Waals surface area (Å²) in [6.07, 6.45) is 9.33. The molecule has 0 saturated heterocycles. The molecule has 0 bridgehead atoms. The average Bonchev–Trinajstić information content (AvgIpc) is 2.59. The van der Waals surface area contributed by atoms with Crippen LogP contribution in [0.15, 0.2) is 36.7 Å². The van der Waals surface area contributed by atoms with Crippen LogP contribution in [0.2, 0.25) is 0 Å². The van der Waals surface area contributed by atoms with Crippen molar-refractivity contribution in [2.45, 2.75) is 19.3 Å². The molecule has 0 N–H and O–H groups in total. The van der Waals surface area contributed by atoms with Gasteiger partial charge in [0.25, 0.3) is 0 Å². The van der Waals surface area contributed by atoms with Crippen LogP contribution in [0.25, 0.3) is 10.9 Å². The Morgan fingerprint density at radius 3 is 3.00 bits per heavy atom. The molecule has 1 aliphatic carbocycles. The van der Waals surface area contributed by atoms with Crippen molar-refractivity contribution in [1.82, 2.24) is 9.97 Å². The number of ether oxygens (including phenoxy) is 1. The number of aromatic nitrogens is 2. The van der Waals surface area contributed by atoms with Crippen LogP contribution in [-0.4, -0.2) is 36.8 Å². The number of hydrogen-bond acceptors (Lipinski definition) is 4. The van der Waals surface area contributed by atoms with Gasteiger partial charge in [-0.1, -0.05) is 18.2 Å². The van der Waals surface area contributed by atoms with Crippen LogP contribution in [0.5, 0.6) is 0 Å². The molecule has 3 rings (SSSR count). The lowest BCUT2D eigenvalue weighted by Crippen LogP contribution is -2.33. The van der Waals surface area contributed by atoms with Gasteiger partial charge in [0.15, 0.2) is 0 Å². The summed E-state index contributed by atoms with van der Waals surface area (Å²) in [5.41, 5.74) is 0.378. The Morgan fingerprint density at radius 2 is 2.22 bits per heavy atom. The minimum atomic E-state index is -0.307. The van der Waals surface area contributed by atoms with E-state index in [1.807, 2.05) is 6.07 Å². The molecule has 1 aromatic carbocycles. The molecule has 1 unspecified atom stereocenters. The molecule has 0 saturated carbocycles. The van der Waals surface area contributed by atoms with Crippen molar-refractivity contribution in [3.8, 4) is 0 Å². The summed E-state index contributed by atoms with van der Waals surface area (Å²) >= 11 is 0. The zero-order valence-electron chi connectivity index (χ0n) is 13.4. The van der Waals surface area contributed by atoms with E-state index in [0.29, 0.717) is 18.0 Å². The Kier molecular flexibility index (Phi) is 5.18. The van der Waals surface area contributed by atoms with Crippen LogP contribution >= 0.6 is 0 Å². The fourth-order valence-electron chi connectivity index (χ4n) is 3.11. The number of rotatable bonds is 6. The molecule has 122 valence electrons. The molecule has 0 amide bonds. The zero-order valence-corrected chi connectivity index (χ0v) is 13.4. The minimum Gasteiger partial charge on any atom is -0.383 e. The molecule has 1 aromatic heterocycles. The summed E-state index contributed by atoms with van der Waals surface area (Å²) in [7, 11) is 1.69. The number of halogens is 1. The summed E-state index contributed by atoms with van der Waals surface area (Å²) < 4.78 is 19.2. The second kappa shape index (κ2) is 7.51. The largest absolute Gasteiger partial charge is 0.383 e. The number of fused-ring (bicyclic) bond motifs is 1. The van der Waals surface area contributed by atoms with Gasteiger partial charge in [-0.15, -0.1) is 0 Å². The molecule has 1 atom stereocenters. The van der Waals surface area contributed by atoms with Crippen LogP contribution < -0.4 is 4.90 Å². The predicted octanol–water partition coefficient (Wildman–Crippen LogP) is 3.58. The van der Waals surface area contributed by atoms with E-state index in [0.717, 1.165) is 37.1 Å². The molecule has 0 aliphatic heterocycles. The number of allylic oxidation sites excluding steroid dienone is 2. The minimum absolute atomic E-state index is 0.307. The normalized spacial score (nSPS) is 17.6. The van der Waals surface area contributed by atoms with Crippen molar-refractivity contribution in [2.24, 2.45) is 5.92 Å². The molecule has 0 fully saturated rings. The number of hydrogen-bond donors (Lipinski definition) is 0. The van der Waals surface area contributed by atoms with Gasteiger partial charge in [0, 0.05) is 25.6 Å². The first-order chi connectivity index (χ1) is 11.3. The van der Waals surface area contributed by atoms with Gasteiger partial charge in [0.2, 0.25) is 0 Å². The highest BCUT2D eigenvalue weighted by Gasteiger charge is 2.19. The van der Waals surface area contributed by atoms with E-state index in [-0.39, 0.29) is 5.82 Å². The van der Waals surface area contributed by atoms with Gasteiger partial charge >= 0.3 is 0 Å². The third-order valence-corrected chi connectivity index (χ3v) is 4.32. The second-order valence-corrected chi connectivity index (χ2v) is 5.92. The van der Waals surface area contributed by atoms with E-state index in [1.165, 1.54) is 18.8 Å². The van der Waals surface area contributed by atoms with Gasteiger partial charge in [-0.3, -0.25) is 0 Å². The van der Waals surface area contributed by atoms with Gasteiger partial charge < -0.3 is 9.64 Å². The van der Waals surface area contributed by atoms with Gasteiger partial charge in [-0.05, 0) is 37.3 Å². The van der Waals surface area contributed by atoms with Crippen LogP contribution in [0.1, 0.15) is 19.3 Å². The van der Waals surface area contributed by atoms with E-state index in [4.69, 9.17) is 4.74 Å². The zero-order chi connectivity index (χ0) is 16.1. The van der Waals surface area contributed by atoms with Crippen LogP contribution in [0, 0.1) is 11.7 Å². The second-order valence-electron chi connectivity index (χ2n) is 5.92. The summed E-state index contributed by atoms with van der Waals surface area (Å²) in [5, 5.41) is 0.759. The lowest BCUT2D eigenvalue weighted by atomic mass is 9.94. The van der Waals surface area contributed by atoms with Crippen molar-refractivity contribution in [1.29, 1.82) is 0 Å². The highest BCUT2D eigenvalue weighted by molar-refractivity contribution is 5.89. The van der Waals surface area contributed by atoms with Crippen molar-refractivity contribution in [3.63, 3.8) is 0 Å². The molecule has 5 heteroatoms. The van der Waals surface area contributed by atoms with E-state index >= 15 is 0 Å². The Balaban J connectivity index is 1.92. The van der Waals surface area contributed by atoms with Crippen molar-refractivity contribution < 1.29 is 9.13 Å². The number of benzene rings is 1. The Hall–Kier alpha value is -2.01. The summed E-state index contributed by atoms with van der Waals surface area (Å²) in [6.45, 7) is 2.25. The average molecular weight is 315 g/mol. The van der Waals surface area contributed by atoms with Crippen LogP contribution in [-0.2, 0) is 4.74 Å². The standard InChI is InChI=1S/C18H22FN3O/c1-23-11-10-22(12-14-6-3-2-4-7-14)18-15-8-5-9-16(19)17(15)20-13-21-18/h2-3,5,8-9,13-14H,4,6-7,10-12H2,1H3. The molecule has 0 spiro atoms. The SMILES string of the molecule is COCCN(CC1CC=CCC1)c1ncnc2c(F)cccc12.